The number of imidazole rings is 1. The highest BCUT2D eigenvalue weighted by Crippen LogP contribution is 2.30. The molecule has 0 aliphatic heterocycles. The molecule has 1 aliphatic rings. The van der Waals surface area contributed by atoms with E-state index in [1.807, 2.05) is 6.07 Å². The monoisotopic (exact) mass is 271 g/mol. The molecule has 108 valence electrons. The Labute approximate surface area is 121 Å². The van der Waals surface area contributed by atoms with E-state index in [-0.39, 0.29) is 0 Å². The highest BCUT2D eigenvalue weighted by Gasteiger charge is 2.17. The number of anilines is 1. The maximum absolute atomic E-state index is 4.66. The van der Waals surface area contributed by atoms with E-state index in [9.17, 15) is 0 Å². The van der Waals surface area contributed by atoms with Crippen molar-refractivity contribution in [3.05, 3.63) is 24.3 Å². The number of para-hydroxylation sites is 2. The Bertz CT molecular complexity index is 565. The molecule has 0 amide bonds. The molecule has 20 heavy (non-hydrogen) atoms. The Morgan fingerprint density at radius 2 is 1.95 bits per heavy atom. The van der Waals surface area contributed by atoms with Gasteiger partial charge in [0, 0.05) is 13.6 Å². The molecule has 1 aromatic carbocycles. The average Bonchev–Trinajstić information content (AvgIpc) is 2.78. The van der Waals surface area contributed by atoms with Crippen molar-refractivity contribution >= 4 is 17.0 Å². The molecule has 0 unspecified atom stereocenters. The fourth-order valence-electron chi connectivity index (χ4n) is 3.31. The summed E-state index contributed by atoms with van der Waals surface area (Å²) in [6.07, 6.45) is 6.92. The number of rotatable bonds is 4. The van der Waals surface area contributed by atoms with Crippen molar-refractivity contribution in [1.82, 2.24) is 9.55 Å². The minimum atomic E-state index is 0.911. The summed E-state index contributed by atoms with van der Waals surface area (Å²) in [5.74, 6) is 2.85. The smallest absolute Gasteiger partial charge is 0.203 e. The minimum Gasteiger partial charge on any atom is -0.356 e. The van der Waals surface area contributed by atoms with Crippen molar-refractivity contribution < 1.29 is 0 Å². The molecule has 1 heterocycles. The van der Waals surface area contributed by atoms with Crippen LogP contribution in [-0.2, 0) is 7.05 Å². The maximum Gasteiger partial charge on any atom is 0.203 e. The molecule has 3 heteroatoms. The summed E-state index contributed by atoms with van der Waals surface area (Å²) in [5.41, 5.74) is 2.27. The number of aromatic nitrogens is 2. The molecule has 0 spiro atoms. The number of nitrogens with one attached hydrogen (secondary N) is 1. The Morgan fingerprint density at radius 1 is 1.20 bits per heavy atom. The first-order chi connectivity index (χ1) is 9.74. The lowest BCUT2D eigenvalue weighted by molar-refractivity contribution is 0.281. The second-order valence-corrected chi connectivity index (χ2v) is 6.32. The van der Waals surface area contributed by atoms with Gasteiger partial charge in [-0.3, -0.25) is 0 Å². The summed E-state index contributed by atoms with van der Waals surface area (Å²) in [6, 6.07) is 8.30. The van der Waals surface area contributed by atoms with Gasteiger partial charge in [-0.1, -0.05) is 44.7 Å². The first-order valence-electron chi connectivity index (χ1n) is 7.89. The zero-order valence-corrected chi connectivity index (χ0v) is 12.6. The molecule has 1 saturated carbocycles. The van der Waals surface area contributed by atoms with Crippen LogP contribution in [0.5, 0.6) is 0 Å². The van der Waals surface area contributed by atoms with E-state index in [1.165, 1.54) is 37.6 Å². The van der Waals surface area contributed by atoms with E-state index in [4.69, 9.17) is 0 Å². The maximum atomic E-state index is 4.66. The van der Waals surface area contributed by atoms with Gasteiger partial charge in [-0.25, -0.2) is 4.98 Å². The van der Waals surface area contributed by atoms with E-state index < -0.39 is 0 Å². The zero-order valence-electron chi connectivity index (χ0n) is 12.6. The molecule has 1 aliphatic carbocycles. The molecule has 0 saturated heterocycles. The van der Waals surface area contributed by atoms with Crippen LogP contribution in [0.3, 0.4) is 0 Å². The Kier molecular flexibility index (Phi) is 3.95. The molecule has 3 rings (SSSR count). The second-order valence-electron chi connectivity index (χ2n) is 6.32. The zero-order chi connectivity index (χ0) is 13.9. The van der Waals surface area contributed by atoms with E-state index in [0.717, 1.165) is 29.8 Å². The standard InChI is InChI=1S/C17H25N3/c1-13-7-9-14(10-8-13)11-12-18-17-19-15-5-3-4-6-16(15)20(17)2/h3-6,13-14H,7-12H2,1-2H3,(H,18,19). The van der Waals surface area contributed by atoms with Crippen LogP contribution >= 0.6 is 0 Å². The van der Waals surface area contributed by atoms with Crippen LogP contribution < -0.4 is 5.32 Å². The summed E-state index contributed by atoms with van der Waals surface area (Å²) < 4.78 is 2.15. The fraction of sp³-hybridized carbons (Fsp3) is 0.588. The molecule has 2 aromatic rings. The first kappa shape index (κ1) is 13.5. The molecular weight excluding hydrogens is 246 g/mol. The van der Waals surface area contributed by atoms with Crippen LogP contribution in [0.4, 0.5) is 5.95 Å². The van der Waals surface area contributed by atoms with Crippen LogP contribution in [0.15, 0.2) is 24.3 Å². The van der Waals surface area contributed by atoms with Crippen molar-refractivity contribution in [2.45, 2.75) is 39.0 Å². The minimum absolute atomic E-state index is 0.911. The van der Waals surface area contributed by atoms with Gasteiger partial charge in [0.1, 0.15) is 0 Å². The van der Waals surface area contributed by atoms with Crippen LogP contribution in [0.25, 0.3) is 11.0 Å². The van der Waals surface area contributed by atoms with Crippen LogP contribution in [0.2, 0.25) is 0 Å². The SMILES string of the molecule is CC1CCC(CCNc2nc3ccccc3n2C)CC1. The quantitative estimate of drug-likeness (QED) is 0.903. The number of nitrogens with zero attached hydrogens (tertiary/aromatic N) is 2. The molecular formula is C17H25N3. The van der Waals surface area contributed by atoms with Crippen LogP contribution in [0, 0.1) is 11.8 Å². The van der Waals surface area contributed by atoms with Gasteiger partial charge in [0.15, 0.2) is 0 Å². The lowest BCUT2D eigenvalue weighted by Crippen LogP contribution is -2.16. The van der Waals surface area contributed by atoms with Gasteiger partial charge in [-0.2, -0.15) is 0 Å². The van der Waals surface area contributed by atoms with Gasteiger partial charge in [0.25, 0.3) is 0 Å². The summed E-state index contributed by atoms with van der Waals surface area (Å²) in [4.78, 5) is 4.66. The molecule has 0 atom stereocenters. The molecule has 0 radical (unpaired) electrons. The summed E-state index contributed by atoms with van der Waals surface area (Å²) >= 11 is 0. The largest absolute Gasteiger partial charge is 0.356 e. The third-order valence-electron chi connectivity index (χ3n) is 4.76. The predicted molar refractivity (Wildman–Crippen MR) is 84.9 cm³/mol. The van der Waals surface area contributed by atoms with Gasteiger partial charge in [-0.05, 0) is 30.4 Å². The summed E-state index contributed by atoms with van der Waals surface area (Å²) in [7, 11) is 2.08. The number of hydrogen-bond donors (Lipinski definition) is 1. The van der Waals surface area contributed by atoms with Gasteiger partial charge in [0.05, 0.1) is 11.0 Å². The predicted octanol–water partition coefficient (Wildman–Crippen LogP) is 4.20. The normalized spacial score (nSPS) is 23.1. The van der Waals surface area contributed by atoms with E-state index in [2.05, 4.69) is 47.0 Å². The average molecular weight is 271 g/mol. The summed E-state index contributed by atoms with van der Waals surface area (Å²) in [6.45, 7) is 3.42. The van der Waals surface area contributed by atoms with Gasteiger partial charge in [0.2, 0.25) is 5.95 Å². The van der Waals surface area contributed by atoms with Gasteiger partial charge >= 0.3 is 0 Å². The van der Waals surface area contributed by atoms with Crippen LogP contribution in [-0.4, -0.2) is 16.1 Å². The molecule has 1 N–H and O–H groups in total. The Morgan fingerprint density at radius 3 is 2.70 bits per heavy atom. The molecule has 1 fully saturated rings. The number of fused-ring (bicyclic) bond motifs is 1. The van der Waals surface area contributed by atoms with E-state index >= 15 is 0 Å². The van der Waals surface area contributed by atoms with Crippen molar-refractivity contribution in [3.8, 4) is 0 Å². The van der Waals surface area contributed by atoms with Crippen molar-refractivity contribution in [2.75, 3.05) is 11.9 Å². The van der Waals surface area contributed by atoms with Crippen LogP contribution in [0.1, 0.15) is 39.0 Å². The van der Waals surface area contributed by atoms with Crippen molar-refractivity contribution in [3.63, 3.8) is 0 Å². The molecule has 0 bridgehead atoms. The second kappa shape index (κ2) is 5.86. The van der Waals surface area contributed by atoms with Crippen molar-refractivity contribution in [2.24, 2.45) is 18.9 Å². The third-order valence-corrected chi connectivity index (χ3v) is 4.76. The fourth-order valence-corrected chi connectivity index (χ4v) is 3.31. The highest BCUT2D eigenvalue weighted by atomic mass is 15.2. The molecule has 1 aromatic heterocycles. The third kappa shape index (κ3) is 2.82. The molecule has 3 nitrogen and oxygen atoms in total. The Hall–Kier alpha value is -1.51. The van der Waals surface area contributed by atoms with E-state index in [1.54, 1.807) is 0 Å². The number of benzene rings is 1. The first-order valence-corrected chi connectivity index (χ1v) is 7.89. The Balaban J connectivity index is 1.56. The van der Waals surface area contributed by atoms with E-state index in [0.29, 0.717) is 0 Å². The number of aryl methyl sites for hydroxylation is 1. The van der Waals surface area contributed by atoms with Gasteiger partial charge < -0.3 is 9.88 Å². The topological polar surface area (TPSA) is 29.9 Å². The summed E-state index contributed by atoms with van der Waals surface area (Å²) in [5, 5.41) is 3.51. The highest BCUT2D eigenvalue weighted by molar-refractivity contribution is 5.78. The lowest BCUT2D eigenvalue weighted by atomic mass is 9.81. The number of hydrogen-bond acceptors (Lipinski definition) is 2. The van der Waals surface area contributed by atoms with Crippen molar-refractivity contribution in [1.29, 1.82) is 0 Å². The van der Waals surface area contributed by atoms with Gasteiger partial charge in [-0.15, -0.1) is 0 Å². The lowest BCUT2D eigenvalue weighted by Gasteiger charge is -2.26.